The zero-order chi connectivity index (χ0) is 31.0. The highest BCUT2D eigenvalue weighted by Gasteiger charge is 2.35. The fourth-order valence-corrected chi connectivity index (χ4v) is 6.43. The third-order valence-corrected chi connectivity index (χ3v) is 8.86. The highest BCUT2D eigenvalue weighted by atomic mass is 35.5. The van der Waals surface area contributed by atoms with Gasteiger partial charge in [0.1, 0.15) is 18.2 Å². The van der Waals surface area contributed by atoms with Crippen molar-refractivity contribution in [3.8, 4) is 29.4 Å². The lowest BCUT2D eigenvalue weighted by atomic mass is 10.0. The van der Waals surface area contributed by atoms with Crippen molar-refractivity contribution in [1.29, 1.82) is 10.5 Å². The van der Waals surface area contributed by atoms with Crippen LogP contribution in [0.5, 0.6) is 17.2 Å². The second-order valence-electron chi connectivity index (χ2n) is 8.04. The molecular formula is C24H12ClF6N3O3S5. The molecule has 1 amide bonds. The molecule has 0 saturated carbocycles. The Morgan fingerprint density at radius 2 is 1.43 bits per heavy atom. The van der Waals surface area contributed by atoms with E-state index in [2.05, 4.69) is 5.32 Å². The van der Waals surface area contributed by atoms with Gasteiger partial charge < -0.3 is 14.8 Å². The van der Waals surface area contributed by atoms with Gasteiger partial charge in [0.15, 0.2) is 17.0 Å². The molecule has 0 aliphatic rings. The first-order chi connectivity index (χ1) is 20.1. The number of nitrogens with zero attached hydrogens (tertiary/aromatic N) is 2. The number of nitrogens with one attached hydrogen (secondary N) is 1. The highest BCUT2D eigenvalue weighted by molar-refractivity contribution is 8.00. The molecule has 0 aliphatic heterocycles. The van der Waals surface area contributed by atoms with E-state index in [1.54, 1.807) is 6.07 Å². The van der Waals surface area contributed by atoms with Crippen LogP contribution in [0.15, 0.2) is 60.9 Å². The Hall–Kier alpha value is -2.67. The van der Waals surface area contributed by atoms with Gasteiger partial charge in [0.2, 0.25) is 0 Å². The molecule has 0 spiro atoms. The summed E-state index contributed by atoms with van der Waals surface area (Å²) >= 11 is 2.57. The molecular weight excluding hydrogens is 688 g/mol. The number of benzene rings is 3. The summed E-state index contributed by atoms with van der Waals surface area (Å²) in [6.07, 6.45) is 0. The lowest BCUT2D eigenvalue weighted by Gasteiger charge is -2.25. The molecule has 3 aromatic rings. The van der Waals surface area contributed by atoms with Crippen LogP contribution in [-0.4, -0.2) is 18.1 Å². The maximum atomic E-state index is 13.9. The minimum Gasteiger partial charge on any atom is -0.486 e. The van der Waals surface area contributed by atoms with E-state index in [0.717, 1.165) is 12.1 Å². The molecule has 1 N–H and O–H groups in total. The van der Waals surface area contributed by atoms with Crippen LogP contribution in [0, 0.1) is 28.5 Å². The number of carbonyl (C=O) groups excluding carboxylic acids is 1. The third-order valence-electron chi connectivity index (χ3n) is 5.23. The van der Waals surface area contributed by atoms with E-state index in [1.807, 2.05) is 6.07 Å². The van der Waals surface area contributed by atoms with Gasteiger partial charge >= 0.3 is 0 Å². The van der Waals surface area contributed by atoms with Crippen LogP contribution < -0.4 is 14.8 Å². The van der Waals surface area contributed by atoms with Gasteiger partial charge in [-0.15, -0.1) is 0 Å². The predicted octanol–water partition coefficient (Wildman–Crippen LogP) is 10.1. The van der Waals surface area contributed by atoms with Gasteiger partial charge in [-0.25, -0.2) is 4.39 Å². The van der Waals surface area contributed by atoms with Gasteiger partial charge in [0.05, 0.1) is 114 Å². The monoisotopic (exact) mass is 699 g/mol. The zero-order valence-corrected chi connectivity index (χ0v) is 25.3. The van der Waals surface area contributed by atoms with Gasteiger partial charge in [-0.2, -0.15) is 30.0 Å². The summed E-state index contributed by atoms with van der Waals surface area (Å²) in [5, 5.41) is 21.3. The van der Waals surface area contributed by atoms with Crippen LogP contribution in [0.2, 0.25) is 5.02 Å². The molecule has 6 nitrogen and oxygen atoms in total. The molecule has 1 atom stereocenters. The number of halogens is 7. The SMILES string of the molecule is C[C@](C#N)(COc1cc(C#N)ccc1Oc1ccc(F)cc1Cl)NC(=O)c1c(SF)c(SF)c(SF)c(SF)c1SF. The Labute approximate surface area is 262 Å². The normalized spacial score (nSPS) is 12.1. The minimum atomic E-state index is -1.96. The Morgan fingerprint density at radius 1 is 0.881 bits per heavy atom. The second-order valence-corrected chi connectivity index (χ2v) is 11.3. The summed E-state index contributed by atoms with van der Waals surface area (Å²) in [7, 11) is 0. The Balaban J connectivity index is 1.97. The first-order valence-electron chi connectivity index (χ1n) is 10.8. The largest absolute Gasteiger partial charge is 0.486 e. The lowest BCUT2D eigenvalue weighted by molar-refractivity contribution is 0.0892. The van der Waals surface area contributed by atoms with E-state index in [4.69, 9.17) is 21.1 Å². The van der Waals surface area contributed by atoms with E-state index in [9.17, 15) is 39.1 Å². The van der Waals surface area contributed by atoms with Gasteiger partial charge in [0.25, 0.3) is 5.91 Å². The van der Waals surface area contributed by atoms with Crippen molar-refractivity contribution in [3.05, 3.63) is 58.4 Å². The number of carbonyl (C=O) groups is 1. The summed E-state index contributed by atoms with van der Waals surface area (Å²) in [6, 6.07) is 10.9. The number of amides is 1. The van der Waals surface area contributed by atoms with Crippen molar-refractivity contribution in [2.24, 2.45) is 0 Å². The predicted molar refractivity (Wildman–Crippen MR) is 151 cm³/mol. The van der Waals surface area contributed by atoms with Gasteiger partial charge in [-0.1, -0.05) is 11.6 Å². The van der Waals surface area contributed by atoms with Gasteiger partial charge in [-0.3, -0.25) is 4.79 Å². The van der Waals surface area contributed by atoms with Crippen molar-refractivity contribution in [3.63, 3.8) is 0 Å². The number of rotatable bonds is 12. The topological polar surface area (TPSA) is 95.1 Å². The fourth-order valence-electron chi connectivity index (χ4n) is 3.29. The summed E-state index contributed by atoms with van der Waals surface area (Å²) in [5.74, 6) is -2.06. The molecule has 0 unspecified atom stereocenters. The van der Waals surface area contributed by atoms with Crippen LogP contribution in [0.1, 0.15) is 22.8 Å². The zero-order valence-electron chi connectivity index (χ0n) is 20.5. The molecule has 0 saturated heterocycles. The molecule has 18 heteroatoms. The van der Waals surface area contributed by atoms with Crippen LogP contribution in [0.3, 0.4) is 0 Å². The van der Waals surface area contributed by atoms with Crippen molar-refractivity contribution in [2.75, 3.05) is 6.61 Å². The van der Waals surface area contributed by atoms with Crippen molar-refractivity contribution in [2.45, 2.75) is 36.9 Å². The molecule has 0 aliphatic carbocycles. The van der Waals surface area contributed by atoms with Crippen LogP contribution in [0.25, 0.3) is 0 Å². The number of hydrogen-bond donors (Lipinski definition) is 1. The molecule has 0 bridgehead atoms. The molecule has 220 valence electrons. The molecule has 42 heavy (non-hydrogen) atoms. The van der Waals surface area contributed by atoms with E-state index in [1.165, 1.54) is 31.2 Å². The number of nitriles is 2. The molecule has 3 rings (SSSR count). The van der Waals surface area contributed by atoms with Crippen LogP contribution >= 0.6 is 72.3 Å². The van der Waals surface area contributed by atoms with Crippen molar-refractivity contribution >= 4 is 78.2 Å². The first-order valence-corrected chi connectivity index (χ1v) is 14.8. The van der Waals surface area contributed by atoms with E-state index < -0.39 is 115 Å². The van der Waals surface area contributed by atoms with Crippen molar-refractivity contribution < 1.29 is 38.1 Å². The summed E-state index contributed by atoms with van der Waals surface area (Å²) < 4.78 is 93.5. The molecule has 0 heterocycles. The molecule has 0 aromatic heterocycles. The Kier molecular flexibility index (Phi) is 12.2. The third kappa shape index (κ3) is 7.45. The highest BCUT2D eigenvalue weighted by Crippen LogP contribution is 2.52. The molecule has 3 aromatic carbocycles. The van der Waals surface area contributed by atoms with Crippen LogP contribution in [0.4, 0.5) is 23.8 Å². The summed E-state index contributed by atoms with van der Waals surface area (Å²) in [5.41, 5.74) is -2.73. The first kappa shape index (κ1) is 33.8. The quantitative estimate of drug-likeness (QED) is 0.184. The minimum absolute atomic E-state index is 0.0186. The van der Waals surface area contributed by atoms with E-state index >= 15 is 0 Å². The lowest BCUT2D eigenvalue weighted by Crippen LogP contribution is -2.49. The standard InChI is InChI=1S/C24H12ClF6N3O3S5/c1-24(9-33,34-23(35)17-18(38-27)20(40-29)22(42-31)21(41-30)19(17)39-28)10-36-16-6-11(8-32)2-4-15(16)37-14-5-3-12(26)7-13(14)25/h2-7H,10H2,1H3,(H,34,35)/t24-/m0/s1. The fraction of sp³-hybridized carbons (Fsp3) is 0.125. The number of hydrogen-bond acceptors (Lipinski definition) is 10. The average molecular weight is 700 g/mol. The maximum absolute atomic E-state index is 13.9. The number of ether oxygens (including phenoxy) is 2. The van der Waals surface area contributed by atoms with Crippen molar-refractivity contribution in [1.82, 2.24) is 5.32 Å². The Morgan fingerprint density at radius 3 is 1.93 bits per heavy atom. The van der Waals surface area contributed by atoms with E-state index in [-0.39, 0.29) is 27.8 Å². The second kappa shape index (κ2) is 15.2. The average Bonchev–Trinajstić information content (AvgIpc) is 2.99. The van der Waals surface area contributed by atoms with E-state index in [0.29, 0.717) is 0 Å². The summed E-state index contributed by atoms with van der Waals surface area (Å²) in [4.78, 5) is 9.18. The Bertz CT molecular complexity index is 1560. The van der Waals surface area contributed by atoms with Gasteiger partial charge in [-0.05, 0) is 37.3 Å². The molecule has 0 fully saturated rings. The maximum Gasteiger partial charge on any atom is 0.255 e. The smallest absolute Gasteiger partial charge is 0.255 e. The molecule has 0 radical (unpaired) electrons. The van der Waals surface area contributed by atoms with Gasteiger partial charge in [0, 0.05) is 6.07 Å². The summed E-state index contributed by atoms with van der Waals surface area (Å²) in [6.45, 7) is 0.518. The van der Waals surface area contributed by atoms with Crippen LogP contribution in [-0.2, 0) is 0 Å².